The Bertz CT molecular complexity index is 1030. The van der Waals surface area contributed by atoms with Crippen molar-refractivity contribution in [2.75, 3.05) is 18.6 Å². The maximum absolute atomic E-state index is 5.29. The Morgan fingerprint density at radius 3 is 2.38 bits per heavy atom. The summed E-state index contributed by atoms with van der Waals surface area (Å²) >= 11 is 0. The van der Waals surface area contributed by atoms with Gasteiger partial charge in [-0.25, -0.2) is 0 Å². The van der Waals surface area contributed by atoms with Gasteiger partial charge in [0.25, 0.3) is 0 Å². The van der Waals surface area contributed by atoms with Crippen molar-refractivity contribution in [1.82, 2.24) is 15.0 Å². The highest BCUT2D eigenvalue weighted by Crippen LogP contribution is 2.30. The number of para-hydroxylation sites is 3. The molecule has 1 heterocycles. The summed E-state index contributed by atoms with van der Waals surface area (Å²) in [6, 6.07) is 24.2. The zero-order valence-corrected chi connectivity index (χ0v) is 14.8. The molecule has 0 amide bonds. The van der Waals surface area contributed by atoms with Crippen molar-refractivity contribution in [1.29, 1.82) is 0 Å². The van der Waals surface area contributed by atoms with Crippen LogP contribution in [0, 0.1) is 0 Å². The second kappa shape index (κ2) is 6.88. The predicted octanol–water partition coefficient (Wildman–Crippen LogP) is 4.59. The van der Waals surface area contributed by atoms with Crippen molar-refractivity contribution >= 4 is 22.4 Å². The molecule has 0 radical (unpaired) electrons. The van der Waals surface area contributed by atoms with Crippen LogP contribution >= 0.6 is 0 Å². The van der Waals surface area contributed by atoms with Gasteiger partial charge in [0.1, 0.15) is 22.5 Å². The second-order valence-electron chi connectivity index (χ2n) is 5.91. The van der Waals surface area contributed by atoms with Gasteiger partial charge >= 0.3 is 0 Å². The smallest absolute Gasteiger partial charge is 0.121 e. The zero-order valence-electron chi connectivity index (χ0n) is 14.8. The molecule has 0 N–H and O–H groups in total. The maximum atomic E-state index is 5.29. The first kappa shape index (κ1) is 16.1. The van der Waals surface area contributed by atoms with Gasteiger partial charge in [0.15, 0.2) is 0 Å². The van der Waals surface area contributed by atoms with Crippen LogP contribution in [0.5, 0.6) is 5.75 Å². The van der Waals surface area contributed by atoms with E-state index in [1.165, 1.54) is 0 Å². The van der Waals surface area contributed by atoms with Gasteiger partial charge in [0.05, 0.1) is 12.8 Å². The summed E-state index contributed by atoms with van der Waals surface area (Å²) in [6.45, 7) is 2.98. The average Bonchev–Trinajstić information content (AvgIpc) is 3.13. The van der Waals surface area contributed by atoms with Crippen LogP contribution in [0.15, 0.2) is 72.8 Å². The normalized spacial score (nSPS) is 10.8. The molecule has 3 aromatic carbocycles. The third-order valence-corrected chi connectivity index (χ3v) is 4.36. The van der Waals surface area contributed by atoms with Gasteiger partial charge in [-0.1, -0.05) is 30.3 Å². The van der Waals surface area contributed by atoms with Crippen LogP contribution in [0.1, 0.15) is 6.92 Å². The molecule has 0 bridgehead atoms. The van der Waals surface area contributed by atoms with Crippen LogP contribution in [-0.4, -0.2) is 28.6 Å². The van der Waals surface area contributed by atoms with E-state index in [-0.39, 0.29) is 0 Å². The highest BCUT2D eigenvalue weighted by molar-refractivity contribution is 5.77. The minimum absolute atomic E-state index is 0.775. The number of hydrogen-bond donors (Lipinski definition) is 0. The van der Waals surface area contributed by atoms with Gasteiger partial charge in [-0.05, 0) is 43.3 Å². The molecule has 0 aliphatic heterocycles. The fourth-order valence-corrected chi connectivity index (χ4v) is 3.09. The van der Waals surface area contributed by atoms with Gasteiger partial charge < -0.3 is 9.64 Å². The molecule has 5 heteroatoms. The lowest BCUT2D eigenvalue weighted by atomic mass is 10.2. The van der Waals surface area contributed by atoms with E-state index < -0.39 is 0 Å². The fraction of sp³-hybridized carbons (Fsp3) is 0.143. The molecule has 0 spiro atoms. The summed E-state index contributed by atoms with van der Waals surface area (Å²) in [5.41, 5.74) is 4.79. The predicted molar refractivity (Wildman–Crippen MR) is 105 cm³/mol. The summed E-state index contributed by atoms with van der Waals surface area (Å²) in [5.74, 6) is 0.775. The molecule has 0 aliphatic rings. The lowest BCUT2D eigenvalue weighted by Gasteiger charge is -2.25. The van der Waals surface area contributed by atoms with Gasteiger partial charge in [-0.3, -0.25) is 0 Å². The van der Waals surface area contributed by atoms with E-state index in [1.54, 1.807) is 11.9 Å². The minimum Gasteiger partial charge on any atom is -0.497 e. The Balaban J connectivity index is 1.83. The first-order chi connectivity index (χ1) is 12.8. The van der Waals surface area contributed by atoms with E-state index in [1.807, 2.05) is 54.6 Å². The lowest BCUT2D eigenvalue weighted by Crippen LogP contribution is -2.18. The number of nitrogens with zero attached hydrogens (tertiary/aromatic N) is 4. The van der Waals surface area contributed by atoms with Crippen molar-refractivity contribution < 1.29 is 4.74 Å². The number of methoxy groups -OCH3 is 1. The average molecular weight is 344 g/mol. The van der Waals surface area contributed by atoms with E-state index in [2.05, 4.69) is 40.2 Å². The molecule has 0 fully saturated rings. The summed E-state index contributed by atoms with van der Waals surface area (Å²) in [7, 11) is 1.65. The van der Waals surface area contributed by atoms with Crippen LogP contribution in [-0.2, 0) is 0 Å². The SMILES string of the molecule is CCN(c1ccccc1)c1ccccc1-n1nc2ccc(OC)cc2n1. The van der Waals surface area contributed by atoms with Gasteiger partial charge in [-0.2, -0.15) is 0 Å². The molecule has 0 atom stereocenters. The van der Waals surface area contributed by atoms with Crippen LogP contribution < -0.4 is 9.64 Å². The molecule has 130 valence electrons. The molecule has 5 nitrogen and oxygen atoms in total. The van der Waals surface area contributed by atoms with Gasteiger partial charge in [0, 0.05) is 18.3 Å². The highest BCUT2D eigenvalue weighted by atomic mass is 16.5. The number of fused-ring (bicyclic) bond motifs is 1. The van der Waals surface area contributed by atoms with Crippen LogP contribution in [0.4, 0.5) is 11.4 Å². The molecule has 0 unspecified atom stereocenters. The highest BCUT2D eigenvalue weighted by Gasteiger charge is 2.15. The Hall–Kier alpha value is -3.34. The molecule has 4 aromatic rings. The van der Waals surface area contributed by atoms with E-state index in [9.17, 15) is 0 Å². The number of aromatic nitrogens is 3. The van der Waals surface area contributed by atoms with Crippen LogP contribution in [0.3, 0.4) is 0 Å². The Morgan fingerprint density at radius 1 is 0.885 bits per heavy atom. The number of anilines is 2. The first-order valence-corrected chi connectivity index (χ1v) is 8.63. The van der Waals surface area contributed by atoms with Gasteiger partial charge in [0.2, 0.25) is 0 Å². The molecule has 0 saturated carbocycles. The lowest BCUT2D eigenvalue weighted by molar-refractivity contribution is 0.415. The minimum atomic E-state index is 0.775. The number of ether oxygens (including phenoxy) is 1. The maximum Gasteiger partial charge on any atom is 0.121 e. The molecular formula is C21H20N4O. The largest absolute Gasteiger partial charge is 0.497 e. The summed E-state index contributed by atoms with van der Waals surface area (Å²) < 4.78 is 5.29. The summed E-state index contributed by atoms with van der Waals surface area (Å²) in [4.78, 5) is 3.95. The van der Waals surface area contributed by atoms with Crippen molar-refractivity contribution in [3.63, 3.8) is 0 Å². The zero-order chi connectivity index (χ0) is 17.9. The molecular weight excluding hydrogens is 324 g/mol. The Kier molecular flexibility index (Phi) is 4.27. The third kappa shape index (κ3) is 2.88. The monoisotopic (exact) mass is 344 g/mol. The van der Waals surface area contributed by atoms with Crippen LogP contribution in [0.25, 0.3) is 16.7 Å². The van der Waals surface area contributed by atoms with Crippen molar-refractivity contribution in [2.45, 2.75) is 6.92 Å². The molecule has 4 rings (SSSR count). The van der Waals surface area contributed by atoms with Crippen molar-refractivity contribution in [3.05, 3.63) is 72.8 Å². The van der Waals surface area contributed by atoms with E-state index in [4.69, 9.17) is 4.74 Å². The summed E-state index contributed by atoms with van der Waals surface area (Å²) in [6.07, 6.45) is 0. The molecule has 1 aromatic heterocycles. The standard InChI is InChI=1S/C21H20N4O/c1-3-24(16-9-5-4-6-10-16)20-11-7-8-12-21(20)25-22-18-14-13-17(26-2)15-19(18)23-25/h4-15H,3H2,1-2H3. The van der Waals surface area contributed by atoms with Gasteiger partial charge in [-0.15, -0.1) is 15.0 Å². The first-order valence-electron chi connectivity index (χ1n) is 8.63. The topological polar surface area (TPSA) is 43.2 Å². The Morgan fingerprint density at radius 2 is 1.62 bits per heavy atom. The van der Waals surface area contributed by atoms with Crippen molar-refractivity contribution in [3.8, 4) is 11.4 Å². The molecule has 0 aliphatic carbocycles. The van der Waals surface area contributed by atoms with Crippen LogP contribution in [0.2, 0.25) is 0 Å². The Labute approximate surface area is 152 Å². The fourth-order valence-electron chi connectivity index (χ4n) is 3.09. The number of hydrogen-bond acceptors (Lipinski definition) is 4. The van der Waals surface area contributed by atoms with E-state index in [0.717, 1.165) is 40.4 Å². The van der Waals surface area contributed by atoms with Crippen molar-refractivity contribution in [2.24, 2.45) is 0 Å². The second-order valence-corrected chi connectivity index (χ2v) is 5.91. The quantitative estimate of drug-likeness (QED) is 0.531. The molecule has 26 heavy (non-hydrogen) atoms. The number of rotatable bonds is 5. The summed E-state index contributed by atoms with van der Waals surface area (Å²) in [5, 5.41) is 9.31. The third-order valence-electron chi connectivity index (χ3n) is 4.36. The molecule has 0 saturated heterocycles. The van der Waals surface area contributed by atoms with E-state index >= 15 is 0 Å². The number of benzene rings is 3. The van der Waals surface area contributed by atoms with E-state index in [0.29, 0.717) is 0 Å².